The molecule has 1 atom stereocenters. The maximum absolute atomic E-state index is 11.0. The Morgan fingerprint density at radius 3 is 3.00 bits per heavy atom. The smallest absolute Gasteiger partial charge is 0.330 e. The third-order valence-electron chi connectivity index (χ3n) is 3.62. The van der Waals surface area contributed by atoms with Crippen LogP contribution in [0, 0.1) is 10.1 Å². The van der Waals surface area contributed by atoms with Crippen molar-refractivity contribution in [3.63, 3.8) is 0 Å². The van der Waals surface area contributed by atoms with Crippen molar-refractivity contribution in [1.82, 2.24) is 4.90 Å². The van der Waals surface area contributed by atoms with Gasteiger partial charge in [0.25, 0.3) is 5.69 Å². The van der Waals surface area contributed by atoms with Gasteiger partial charge in [0.1, 0.15) is 0 Å². The summed E-state index contributed by atoms with van der Waals surface area (Å²) in [4.78, 5) is 23.7. The van der Waals surface area contributed by atoms with Gasteiger partial charge in [0.15, 0.2) is 0 Å². The summed E-state index contributed by atoms with van der Waals surface area (Å²) in [6.07, 6.45) is 3.19. The Balaban J connectivity index is 2.08. The Morgan fingerprint density at radius 2 is 2.33 bits per heavy atom. The fourth-order valence-electron chi connectivity index (χ4n) is 2.59. The van der Waals surface area contributed by atoms with Gasteiger partial charge in [-0.2, -0.15) is 0 Å². The van der Waals surface area contributed by atoms with Crippen LogP contribution in [-0.4, -0.2) is 36.0 Å². The summed E-state index contributed by atoms with van der Waals surface area (Å²) in [5.41, 5.74) is 2.28. The third-order valence-corrected chi connectivity index (χ3v) is 3.62. The second kappa shape index (κ2) is 6.49. The molecule has 6 heteroatoms. The minimum absolute atomic E-state index is 0.139. The van der Waals surface area contributed by atoms with E-state index in [2.05, 4.69) is 16.6 Å². The molecule has 0 spiro atoms. The molecule has 1 aliphatic heterocycles. The van der Waals surface area contributed by atoms with Crippen molar-refractivity contribution in [2.75, 3.05) is 20.2 Å². The largest absolute Gasteiger partial charge is 0.466 e. The predicted molar refractivity (Wildman–Crippen MR) is 77.9 cm³/mol. The molecule has 0 radical (unpaired) electrons. The van der Waals surface area contributed by atoms with E-state index in [9.17, 15) is 14.9 Å². The van der Waals surface area contributed by atoms with Gasteiger partial charge in [-0.15, -0.1) is 0 Å². The lowest BCUT2D eigenvalue weighted by Gasteiger charge is -2.32. The molecule has 0 saturated carbocycles. The van der Waals surface area contributed by atoms with Crippen molar-refractivity contribution >= 4 is 11.7 Å². The number of non-ortho nitro benzene ring substituents is 1. The molecular weight excluding hydrogens is 272 g/mol. The van der Waals surface area contributed by atoms with E-state index in [0.717, 1.165) is 24.2 Å². The van der Waals surface area contributed by atoms with Crippen LogP contribution in [0.1, 0.15) is 24.0 Å². The van der Waals surface area contributed by atoms with E-state index < -0.39 is 0 Å². The maximum Gasteiger partial charge on any atom is 0.330 e. The van der Waals surface area contributed by atoms with Crippen molar-refractivity contribution in [2.24, 2.45) is 0 Å². The molecule has 0 aliphatic carbocycles. The van der Waals surface area contributed by atoms with Crippen LogP contribution in [0.5, 0.6) is 0 Å². The average Bonchev–Trinajstić information content (AvgIpc) is 2.46. The quantitative estimate of drug-likeness (QED) is 0.368. The normalized spacial score (nSPS) is 18.5. The molecule has 0 amide bonds. The van der Waals surface area contributed by atoms with E-state index in [1.165, 1.54) is 13.2 Å². The van der Waals surface area contributed by atoms with E-state index in [4.69, 9.17) is 0 Å². The van der Waals surface area contributed by atoms with Crippen LogP contribution in [-0.2, 0) is 16.1 Å². The topological polar surface area (TPSA) is 72.7 Å². The molecule has 112 valence electrons. The summed E-state index contributed by atoms with van der Waals surface area (Å²) in [6, 6.07) is 5.03. The van der Waals surface area contributed by atoms with Gasteiger partial charge in [0.2, 0.25) is 0 Å². The number of fused-ring (bicyclic) bond motifs is 1. The van der Waals surface area contributed by atoms with Crippen LogP contribution in [0.2, 0.25) is 0 Å². The number of nitrogens with zero attached hydrogens (tertiary/aromatic N) is 2. The molecular formula is C15H18N2O4. The van der Waals surface area contributed by atoms with Crippen molar-refractivity contribution in [3.05, 3.63) is 51.6 Å². The number of methoxy groups -OCH3 is 1. The Hall–Kier alpha value is -2.21. The number of hydrogen-bond donors (Lipinski definition) is 0. The molecule has 0 bridgehead atoms. The van der Waals surface area contributed by atoms with Crippen LogP contribution >= 0.6 is 0 Å². The minimum Gasteiger partial charge on any atom is -0.466 e. The summed E-state index contributed by atoms with van der Waals surface area (Å²) in [5, 5.41) is 10.8. The average molecular weight is 290 g/mol. The number of ether oxygens (including phenoxy) is 1. The molecule has 0 aromatic heterocycles. The van der Waals surface area contributed by atoms with Crippen LogP contribution in [0.25, 0.3) is 0 Å². The second-order valence-corrected chi connectivity index (χ2v) is 5.16. The molecule has 0 N–H and O–H groups in total. The first-order chi connectivity index (χ1) is 10.0. The van der Waals surface area contributed by atoms with Crippen molar-refractivity contribution in [3.8, 4) is 0 Å². The highest BCUT2D eigenvalue weighted by Gasteiger charge is 2.23. The Kier molecular flexibility index (Phi) is 4.70. The maximum atomic E-state index is 11.0. The Bertz CT molecular complexity index is 583. The van der Waals surface area contributed by atoms with Gasteiger partial charge in [-0.1, -0.05) is 19.1 Å². The van der Waals surface area contributed by atoms with E-state index in [1.54, 1.807) is 18.2 Å². The highest BCUT2D eigenvalue weighted by atomic mass is 16.6. The standard InChI is InChI=1S/C15H18N2O4/c1-11-9-16(7-3-4-15(18)21-2)10-12-5-6-13(17(19)20)8-14(11)12/h3-6,8,11H,7,9-10H2,1-2H3/b4-3+. The number of esters is 1. The second-order valence-electron chi connectivity index (χ2n) is 5.16. The monoisotopic (exact) mass is 290 g/mol. The number of hydrogen-bond acceptors (Lipinski definition) is 5. The van der Waals surface area contributed by atoms with E-state index in [0.29, 0.717) is 6.54 Å². The molecule has 0 saturated heterocycles. The zero-order chi connectivity index (χ0) is 15.4. The van der Waals surface area contributed by atoms with Gasteiger partial charge in [-0.3, -0.25) is 15.0 Å². The number of rotatable bonds is 4. The van der Waals surface area contributed by atoms with Crippen molar-refractivity contribution in [1.29, 1.82) is 0 Å². The molecule has 2 rings (SSSR count). The fraction of sp³-hybridized carbons (Fsp3) is 0.400. The summed E-state index contributed by atoms with van der Waals surface area (Å²) < 4.78 is 4.54. The molecule has 1 aromatic rings. The number of carbonyl (C=O) groups is 1. The van der Waals surface area contributed by atoms with Gasteiger partial charge < -0.3 is 4.74 Å². The third kappa shape index (κ3) is 3.66. The van der Waals surface area contributed by atoms with Crippen molar-refractivity contribution in [2.45, 2.75) is 19.4 Å². The molecule has 1 aromatic carbocycles. The highest BCUT2D eigenvalue weighted by Crippen LogP contribution is 2.30. The van der Waals surface area contributed by atoms with Crippen LogP contribution in [0.3, 0.4) is 0 Å². The molecule has 1 heterocycles. The molecule has 0 fully saturated rings. The Morgan fingerprint density at radius 1 is 1.57 bits per heavy atom. The highest BCUT2D eigenvalue weighted by molar-refractivity contribution is 5.81. The van der Waals surface area contributed by atoms with Gasteiger partial charge in [0, 0.05) is 37.8 Å². The van der Waals surface area contributed by atoms with E-state index in [-0.39, 0.29) is 22.5 Å². The molecule has 21 heavy (non-hydrogen) atoms. The first-order valence-electron chi connectivity index (χ1n) is 6.75. The van der Waals surface area contributed by atoms with Gasteiger partial charge in [-0.25, -0.2) is 4.79 Å². The van der Waals surface area contributed by atoms with Crippen LogP contribution in [0.4, 0.5) is 5.69 Å². The fourth-order valence-corrected chi connectivity index (χ4v) is 2.59. The summed E-state index contributed by atoms with van der Waals surface area (Å²) in [6.45, 7) is 4.23. The predicted octanol–water partition coefficient (Wildman–Crippen LogP) is 2.24. The molecule has 1 unspecified atom stereocenters. The van der Waals surface area contributed by atoms with Gasteiger partial charge in [-0.05, 0) is 17.0 Å². The zero-order valence-electron chi connectivity index (χ0n) is 12.1. The van der Waals surface area contributed by atoms with Crippen LogP contribution < -0.4 is 0 Å². The first kappa shape index (κ1) is 15.2. The van der Waals surface area contributed by atoms with E-state index in [1.807, 2.05) is 6.07 Å². The SMILES string of the molecule is COC(=O)/C=C/CN1Cc2ccc([N+](=O)[O-])cc2C(C)C1. The van der Waals surface area contributed by atoms with Crippen LogP contribution in [0.15, 0.2) is 30.4 Å². The van der Waals surface area contributed by atoms with Gasteiger partial charge >= 0.3 is 5.97 Å². The number of nitro benzene ring substituents is 1. The summed E-state index contributed by atoms with van der Waals surface area (Å²) in [7, 11) is 1.35. The minimum atomic E-state index is -0.365. The lowest BCUT2D eigenvalue weighted by Crippen LogP contribution is -2.32. The summed E-state index contributed by atoms with van der Waals surface area (Å²) >= 11 is 0. The molecule has 6 nitrogen and oxygen atoms in total. The number of carbonyl (C=O) groups excluding carboxylic acids is 1. The first-order valence-corrected chi connectivity index (χ1v) is 6.75. The van der Waals surface area contributed by atoms with Crippen molar-refractivity contribution < 1.29 is 14.5 Å². The zero-order valence-corrected chi connectivity index (χ0v) is 12.1. The van der Waals surface area contributed by atoms with E-state index >= 15 is 0 Å². The summed E-state index contributed by atoms with van der Waals surface area (Å²) in [5.74, 6) is -0.142. The Labute approximate surface area is 123 Å². The number of nitro groups is 1. The van der Waals surface area contributed by atoms with Gasteiger partial charge in [0.05, 0.1) is 12.0 Å². The lowest BCUT2D eigenvalue weighted by atomic mass is 9.90. The number of benzene rings is 1. The lowest BCUT2D eigenvalue weighted by molar-refractivity contribution is -0.385. The molecule has 1 aliphatic rings.